The first-order valence-electron chi connectivity index (χ1n) is 7.26. The number of nitrogens with zero attached hydrogens (tertiary/aromatic N) is 2. The quantitative estimate of drug-likeness (QED) is 0.813. The molecule has 1 atom stereocenters. The Labute approximate surface area is 109 Å². The van der Waals surface area contributed by atoms with Crippen LogP contribution in [0.2, 0.25) is 0 Å². The van der Waals surface area contributed by atoms with Gasteiger partial charge < -0.3 is 10.2 Å². The Balaban J connectivity index is 1.56. The standard InChI is InChI=1S/C15H21N3/c1-2-14-11-18(9-8-17(14)7-1)13-4-3-12-5-6-16-15(12)10-13/h3-4,10,14,16H,1-2,5-9,11H2. The van der Waals surface area contributed by atoms with Gasteiger partial charge in [0.15, 0.2) is 0 Å². The lowest BCUT2D eigenvalue weighted by atomic mass is 10.1. The largest absolute Gasteiger partial charge is 0.384 e. The van der Waals surface area contributed by atoms with Crippen LogP contribution in [0.25, 0.3) is 0 Å². The molecule has 3 heteroatoms. The zero-order valence-corrected chi connectivity index (χ0v) is 10.9. The first-order valence-corrected chi connectivity index (χ1v) is 7.26. The van der Waals surface area contributed by atoms with Gasteiger partial charge in [-0.25, -0.2) is 0 Å². The molecule has 1 aromatic rings. The molecule has 3 aliphatic rings. The molecule has 0 bridgehead atoms. The number of hydrogen-bond donors (Lipinski definition) is 1. The normalized spacial score (nSPS) is 26.9. The summed E-state index contributed by atoms with van der Waals surface area (Å²) in [5.74, 6) is 0. The van der Waals surface area contributed by atoms with E-state index in [2.05, 4.69) is 33.3 Å². The number of hydrogen-bond acceptors (Lipinski definition) is 3. The Bertz CT molecular complexity index is 457. The van der Waals surface area contributed by atoms with Crippen LogP contribution < -0.4 is 10.2 Å². The van der Waals surface area contributed by atoms with Gasteiger partial charge in [0, 0.05) is 43.6 Å². The van der Waals surface area contributed by atoms with Crippen LogP contribution in [0.3, 0.4) is 0 Å². The monoisotopic (exact) mass is 243 g/mol. The van der Waals surface area contributed by atoms with Crippen molar-refractivity contribution < 1.29 is 0 Å². The van der Waals surface area contributed by atoms with Gasteiger partial charge in [-0.15, -0.1) is 0 Å². The topological polar surface area (TPSA) is 18.5 Å². The molecule has 1 aromatic carbocycles. The van der Waals surface area contributed by atoms with Crippen molar-refractivity contribution in [1.29, 1.82) is 0 Å². The molecule has 2 saturated heterocycles. The van der Waals surface area contributed by atoms with Crippen molar-refractivity contribution in [2.75, 3.05) is 42.9 Å². The highest BCUT2D eigenvalue weighted by atomic mass is 15.3. The van der Waals surface area contributed by atoms with E-state index in [0.717, 1.165) is 12.6 Å². The summed E-state index contributed by atoms with van der Waals surface area (Å²) >= 11 is 0. The lowest BCUT2D eigenvalue weighted by molar-refractivity contribution is 0.231. The highest BCUT2D eigenvalue weighted by Gasteiger charge is 2.30. The van der Waals surface area contributed by atoms with Gasteiger partial charge in [0.1, 0.15) is 0 Å². The van der Waals surface area contributed by atoms with E-state index in [1.54, 1.807) is 0 Å². The Kier molecular flexibility index (Phi) is 2.47. The summed E-state index contributed by atoms with van der Waals surface area (Å²) in [6, 6.07) is 7.79. The number of benzene rings is 1. The molecule has 1 N–H and O–H groups in total. The third-order valence-corrected chi connectivity index (χ3v) is 4.76. The van der Waals surface area contributed by atoms with Crippen LogP contribution in [0, 0.1) is 0 Å². The molecular formula is C15H21N3. The van der Waals surface area contributed by atoms with Crippen LogP contribution in [0.4, 0.5) is 11.4 Å². The molecule has 4 rings (SSSR count). The molecule has 96 valence electrons. The maximum atomic E-state index is 3.49. The van der Waals surface area contributed by atoms with Crippen LogP contribution in [-0.4, -0.2) is 43.7 Å². The maximum Gasteiger partial charge on any atom is 0.0394 e. The average molecular weight is 243 g/mol. The van der Waals surface area contributed by atoms with Gasteiger partial charge in [0.05, 0.1) is 0 Å². The smallest absolute Gasteiger partial charge is 0.0394 e. The van der Waals surface area contributed by atoms with E-state index in [1.807, 2.05) is 0 Å². The second-order valence-corrected chi connectivity index (χ2v) is 5.80. The Morgan fingerprint density at radius 2 is 2.17 bits per heavy atom. The fourth-order valence-electron chi connectivity index (χ4n) is 3.70. The number of fused-ring (bicyclic) bond motifs is 2. The van der Waals surface area contributed by atoms with E-state index < -0.39 is 0 Å². The molecule has 0 aliphatic carbocycles. The first-order chi connectivity index (χ1) is 8.90. The number of rotatable bonds is 1. The Morgan fingerprint density at radius 3 is 3.17 bits per heavy atom. The third kappa shape index (κ3) is 1.69. The predicted molar refractivity (Wildman–Crippen MR) is 75.4 cm³/mol. The minimum absolute atomic E-state index is 0.806. The fraction of sp³-hybridized carbons (Fsp3) is 0.600. The van der Waals surface area contributed by atoms with E-state index >= 15 is 0 Å². The summed E-state index contributed by atoms with van der Waals surface area (Å²) in [6.07, 6.45) is 3.97. The summed E-state index contributed by atoms with van der Waals surface area (Å²) < 4.78 is 0. The molecule has 0 amide bonds. The SMILES string of the molecule is c1cc2c(cc1N1CCN3CCCC3C1)NCC2. The second kappa shape index (κ2) is 4.16. The molecule has 2 fully saturated rings. The van der Waals surface area contributed by atoms with E-state index in [4.69, 9.17) is 0 Å². The number of nitrogens with one attached hydrogen (secondary N) is 1. The highest BCUT2D eigenvalue weighted by Crippen LogP contribution is 2.30. The van der Waals surface area contributed by atoms with Crippen LogP contribution >= 0.6 is 0 Å². The third-order valence-electron chi connectivity index (χ3n) is 4.76. The zero-order valence-electron chi connectivity index (χ0n) is 10.9. The van der Waals surface area contributed by atoms with Crippen LogP contribution in [0.5, 0.6) is 0 Å². The van der Waals surface area contributed by atoms with E-state index in [1.165, 1.54) is 62.4 Å². The van der Waals surface area contributed by atoms with Crippen LogP contribution in [0.15, 0.2) is 18.2 Å². The molecule has 18 heavy (non-hydrogen) atoms. The molecular weight excluding hydrogens is 222 g/mol. The van der Waals surface area contributed by atoms with Crippen LogP contribution in [0.1, 0.15) is 18.4 Å². The Morgan fingerprint density at radius 1 is 1.17 bits per heavy atom. The van der Waals surface area contributed by atoms with Crippen molar-refractivity contribution >= 4 is 11.4 Å². The predicted octanol–water partition coefficient (Wildman–Crippen LogP) is 1.94. The van der Waals surface area contributed by atoms with Crippen molar-refractivity contribution in [3.05, 3.63) is 23.8 Å². The first kappa shape index (κ1) is 10.7. The molecule has 0 saturated carbocycles. The molecule has 1 unspecified atom stereocenters. The Hall–Kier alpha value is -1.22. The van der Waals surface area contributed by atoms with Gasteiger partial charge in [-0.1, -0.05) is 6.07 Å². The summed E-state index contributed by atoms with van der Waals surface area (Å²) in [5.41, 5.74) is 4.26. The highest BCUT2D eigenvalue weighted by molar-refractivity contribution is 5.65. The molecule has 3 aliphatic heterocycles. The van der Waals surface area contributed by atoms with Crippen molar-refractivity contribution in [3.63, 3.8) is 0 Å². The van der Waals surface area contributed by atoms with Crippen molar-refractivity contribution in [2.24, 2.45) is 0 Å². The molecule has 0 spiro atoms. The van der Waals surface area contributed by atoms with Gasteiger partial charge in [0.2, 0.25) is 0 Å². The fourth-order valence-corrected chi connectivity index (χ4v) is 3.70. The summed E-state index contributed by atoms with van der Waals surface area (Å²) in [6.45, 7) is 6.09. The van der Waals surface area contributed by atoms with E-state index in [9.17, 15) is 0 Å². The zero-order chi connectivity index (χ0) is 11.9. The second-order valence-electron chi connectivity index (χ2n) is 5.80. The van der Waals surface area contributed by atoms with Gasteiger partial charge in [-0.2, -0.15) is 0 Å². The van der Waals surface area contributed by atoms with Gasteiger partial charge in [0.25, 0.3) is 0 Å². The van der Waals surface area contributed by atoms with E-state index in [0.29, 0.717) is 0 Å². The molecule has 0 aromatic heterocycles. The number of anilines is 2. The molecule has 3 heterocycles. The lowest BCUT2D eigenvalue weighted by Gasteiger charge is -2.39. The summed E-state index contributed by atoms with van der Waals surface area (Å²) in [4.78, 5) is 5.24. The minimum Gasteiger partial charge on any atom is -0.384 e. The lowest BCUT2D eigenvalue weighted by Crippen LogP contribution is -2.50. The molecule has 0 radical (unpaired) electrons. The summed E-state index contributed by atoms with van der Waals surface area (Å²) in [7, 11) is 0. The molecule has 3 nitrogen and oxygen atoms in total. The minimum atomic E-state index is 0.806. The van der Waals surface area contributed by atoms with Crippen LogP contribution in [-0.2, 0) is 6.42 Å². The van der Waals surface area contributed by atoms with Crippen molar-refractivity contribution in [3.8, 4) is 0 Å². The van der Waals surface area contributed by atoms with Gasteiger partial charge >= 0.3 is 0 Å². The average Bonchev–Trinajstić information content (AvgIpc) is 3.05. The number of piperazine rings is 1. The van der Waals surface area contributed by atoms with Gasteiger partial charge in [-0.05, 0) is 43.5 Å². The summed E-state index contributed by atoms with van der Waals surface area (Å²) in [5, 5.41) is 3.49. The van der Waals surface area contributed by atoms with Gasteiger partial charge in [-0.3, -0.25) is 4.90 Å². The van der Waals surface area contributed by atoms with E-state index in [-0.39, 0.29) is 0 Å². The van der Waals surface area contributed by atoms with Crippen molar-refractivity contribution in [2.45, 2.75) is 25.3 Å². The van der Waals surface area contributed by atoms with Crippen molar-refractivity contribution in [1.82, 2.24) is 4.90 Å². The maximum absolute atomic E-state index is 3.49.